The van der Waals surface area contributed by atoms with E-state index in [9.17, 15) is 27.6 Å². The number of nitrogens with one attached hydrogen (secondary N) is 2. The van der Waals surface area contributed by atoms with Gasteiger partial charge < -0.3 is 39.9 Å². The molecular weight excluding hydrogens is 651 g/mol. The average Bonchev–Trinajstić information content (AvgIpc) is 3.46. The highest BCUT2D eigenvalue weighted by Crippen LogP contribution is 2.29. The minimum Gasteiger partial charge on any atom is -0.491 e. The van der Waals surface area contributed by atoms with Gasteiger partial charge >= 0.3 is 18.1 Å². The van der Waals surface area contributed by atoms with Crippen LogP contribution in [0.2, 0.25) is 0 Å². The topological polar surface area (TPSA) is 178 Å². The number of anilines is 2. The third kappa shape index (κ3) is 10.9. The monoisotopic (exact) mass is 687 g/mol. The van der Waals surface area contributed by atoms with Crippen LogP contribution in [0.3, 0.4) is 0 Å². The molecule has 1 amide bonds. The second-order valence-corrected chi connectivity index (χ2v) is 11.1. The quantitative estimate of drug-likeness (QED) is 0.136. The summed E-state index contributed by atoms with van der Waals surface area (Å²) in [7, 11) is 2.12. The van der Waals surface area contributed by atoms with E-state index in [0.29, 0.717) is 28.2 Å². The van der Waals surface area contributed by atoms with E-state index in [1.54, 1.807) is 12.1 Å². The lowest BCUT2D eigenvalue weighted by molar-refractivity contribution is -0.152. The van der Waals surface area contributed by atoms with Crippen molar-refractivity contribution in [2.75, 3.05) is 56.7 Å². The van der Waals surface area contributed by atoms with E-state index in [0.717, 1.165) is 49.4 Å². The molecule has 49 heavy (non-hydrogen) atoms. The Labute approximate surface area is 278 Å². The Balaban J connectivity index is 0.000000529. The number of likely N-dealkylation sites (N-methyl/N-ethyl adjacent to an activating group) is 1. The summed E-state index contributed by atoms with van der Waals surface area (Å²) in [5, 5.41) is 34.9. The smallest absolute Gasteiger partial charge is 0.416 e. The number of piperazine rings is 1. The summed E-state index contributed by atoms with van der Waals surface area (Å²) in [5.74, 6) is -2.08. The molecule has 5 N–H and O–H groups in total. The first-order valence-corrected chi connectivity index (χ1v) is 15.1. The number of ether oxygens (including phenoxy) is 2. The molecule has 0 aliphatic carbocycles. The highest BCUT2D eigenvalue weighted by Gasteiger charge is 2.30. The second-order valence-electron chi connectivity index (χ2n) is 11.1. The van der Waals surface area contributed by atoms with Gasteiger partial charge in [-0.05, 0) is 61.1 Å². The molecule has 0 unspecified atom stereocenters. The van der Waals surface area contributed by atoms with E-state index < -0.39 is 36.2 Å². The van der Waals surface area contributed by atoms with Crippen LogP contribution in [0.5, 0.6) is 5.75 Å². The number of carboxylic acids is 2. The van der Waals surface area contributed by atoms with Crippen molar-refractivity contribution in [3.8, 4) is 5.75 Å². The molecule has 1 aromatic heterocycles. The lowest BCUT2D eigenvalue weighted by Crippen LogP contribution is -2.44. The number of rotatable bonds is 12. The van der Waals surface area contributed by atoms with E-state index >= 15 is 0 Å². The maximum atomic E-state index is 12.8. The van der Waals surface area contributed by atoms with Crippen LogP contribution < -0.4 is 15.0 Å². The number of amides is 1. The van der Waals surface area contributed by atoms with Gasteiger partial charge in [0.2, 0.25) is 0 Å². The lowest BCUT2D eigenvalue weighted by Gasteiger charge is -2.34. The van der Waals surface area contributed by atoms with Crippen LogP contribution in [0.1, 0.15) is 27.9 Å². The van der Waals surface area contributed by atoms with Crippen LogP contribution in [0, 0.1) is 0 Å². The predicted molar refractivity (Wildman–Crippen MR) is 173 cm³/mol. The molecular formula is C33H36F3N5O8. The SMILES string of the molecule is CN1CCN(c2ccc(C(=O)Nc3n[nH]c4cc(OCCOCc5ccc(C(F)(F)F)cc5)ccc34)cc2)CC1.O=C(O)C[C@H](O)C(=O)O. The summed E-state index contributed by atoms with van der Waals surface area (Å²) >= 11 is 0. The van der Waals surface area contributed by atoms with Crippen molar-refractivity contribution in [3.05, 3.63) is 83.4 Å². The van der Waals surface area contributed by atoms with Gasteiger partial charge in [-0.1, -0.05) is 12.1 Å². The number of fused-ring (bicyclic) bond motifs is 1. The number of benzene rings is 3. The largest absolute Gasteiger partial charge is 0.491 e. The molecule has 1 aliphatic heterocycles. The fraction of sp³-hybridized carbons (Fsp3) is 0.333. The number of H-pyrrole nitrogens is 1. The zero-order chi connectivity index (χ0) is 35.6. The molecule has 1 atom stereocenters. The molecule has 2 heterocycles. The molecule has 0 bridgehead atoms. The lowest BCUT2D eigenvalue weighted by atomic mass is 10.1. The highest BCUT2D eigenvalue weighted by molar-refractivity contribution is 6.08. The number of aromatic amines is 1. The minimum absolute atomic E-state index is 0.183. The van der Waals surface area contributed by atoms with Crippen molar-refractivity contribution in [2.24, 2.45) is 0 Å². The molecule has 4 aromatic rings. The van der Waals surface area contributed by atoms with Crippen LogP contribution in [0.15, 0.2) is 66.7 Å². The molecule has 0 saturated carbocycles. The van der Waals surface area contributed by atoms with Crippen molar-refractivity contribution in [3.63, 3.8) is 0 Å². The maximum absolute atomic E-state index is 12.8. The third-order valence-electron chi connectivity index (χ3n) is 7.46. The van der Waals surface area contributed by atoms with Gasteiger partial charge in [-0.25, -0.2) is 4.79 Å². The molecule has 0 radical (unpaired) electrons. The van der Waals surface area contributed by atoms with Crippen molar-refractivity contribution in [1.29, 1.82) is 0 Å². The predicted octanol–water partition coefficient (Wildman–Crippen LogP) is 4.09. The van der Waals surface area contributed by atoms with Crippen LogP contribution in [-0.4, -0.2) is 101 Å². The van der Waals surface area contributed by atoms with E-state index in [1.165, 1.54) is 12.1 Å². The molecule has 1 fully saturated rings. The van der Waals surface area contributed by atoms with Crippen LogP contribution in [0.4, 0.5) is 24.7 Å². The van der Waals surface area contributed by atoms with E-state index in [1.807, 2.05) is 30.3 Å². The van der Waals surface area contributed by atoms with Gasteiger partial charge in [0, 0.05) is 48.9 Å². The Hall–Kier alpha value is -5.19. The van der Waals surface area contributed by atoms with Gasteiger partial charge in [0.1, 0.15) is 12.4 Å². The molecule has 16 heteroatoms. The van der Waals surface area contributed by atoms with Gasteiger partial charge in [0.25, 0.3) is 5.91 Å². The van der Waals surface area contributed by atoms with Crippen LogP contribution >= 0.6 is 0 Å². The summed E-state index contributed by atoms with van der Waals surface area (Å²) in [6.07, 6.45) is -6.90. The molecule has 1 aliphatic rings. The molecule has 13 nitrogen and oxygen atoms in total. The summed E-state index contributed by atoms with van der Waals surface area (Å²) in [6, 6.07) is 17.8. The summed E-state index contributed by atoms with van der Waals surface area (Å²) in [6.45, 7) is 4.65. The number of aliphatic hydroxyl groups is 1. The fourth-order valence-corrected chi connectivity index (χ4v) is 4.70. The standard InChI is InChI=1S/C29H30F3N5O3.C4H6O5/c1-36-12-14-37(15-13-36)23-8-4-21(5-9-23)28(38)33-27-25-11-10-24(18-26(25)34-35-27)40-17-16-39-19-20-2-6-22(7-3-20)29(30,31)32;5-2(4(8)9)1-3(6)7/h2-11,18H,12-17,19H2,1H3,(H2,33,34,35,38);2,5H,1H2,(H,6,7)(H,8,9)/t;2-/m.0/s1. The third-order valence-corrected chi connectivity index (χ3v) is 7.46. The number of aliphatic carboxylic acids is 2. The van der Waals surface area contributed by atoms with Gasteiger partial charge in [0.15, 0.2) is 11.9 Å². The van der Waals surface area contributed by atoms with Crippen molar-refractivity contribution in [2.45, 2.75) is 25.3 Å². The highest BCUT2D eigenvalue weighted by atomic mass is 19.4. The fourth-order valence-electron chi connectivity index (χ4n) is 4.70. The zero-order valence-electron chi connectivity index (χ0n) is 26.4. The number of aliphatic hydroxyl groups excluding tert-OH is 1. The van der Waals surface area contributed by atoms with Crippen LogP contribution in [-0.2, 0) is 27.1 Å². The Bertz CT molecular complexity index is 1710. The molecule has 5 rings (SSSR count). The van der Waals surface area contributed by atoms with E-state index in [-0.39, 0.29) is 25.7 Å². The zero-order valence-corrected chi connectivity index (χ0v) is 26.4. The average molecular weight is 688 g/mol. The molecule has 1 saturated heterocycles. The molecule has 0 spiro atoms. The molecule has 262 valence electrons. The van der Waals surface area contributed by atoms with Crippen molar-refractivity contribution < 1.29 is 52.3 Å². The number of carbonyl (C=O) groups is 3. The van der Waals surface area contributed by atoms with Gasteiger partial charge in [0.05, 0.1) is 30.7 Å². The number of hydrogen-bond donors (Lipinski definition) is 5. The Kier molecular flexibility index (Phi) is 12.5. The summed E-state index contributed by atoms with van der Waals surface area (Å²) < 4.78 is 49.2. The number of alkyl halides is 3. The Morgan fingerprint density at radius 2 is 1.63 bits per heavy atom. The van der Waals surface area contributed by atoms with Gasteiger partial charge in [-0.15, -0.1) is 0 Å². The second kappa shape index (κ2) is 16.8. The normalized spacial score (nSPS) is 14.1. The maximum Gasteiger partial charge on any atom is 0.416 e. The Morgan fingerprint density at radius 1 is 0.959 bits per heavy atom. The number of carboxylic acid groups (broad SMARTS) is 2. The first-order chi connectivity index (χ1) is 23.3. The first-order valence-electron chi connectivity index (χ1n) is 15.1. The number of aromatic nitrogens is 2. The number of hydrogen-bond acceptors (Lipinski definition) is 9. The summed E-state index contributed by atoms with van der Waals surface area (Å²) in [5.41, 5.74) is 2.31. The summed E-state index contributed by atoms with van der Waals surface area (Å²) in [4.78, 5) is 36.9. The number of carbonyl (C=O) groups excluding carboxylic acids is 1. The molecule has 3 aromatic carbocycles. The first kappa shape index (κ1) is 36.6. The van der Waals surface area contributed by atoms with Gasteiger partial charge in [-0.2, -0.15) is 18.3 Å². The van der Waals surface area contributed by atoms with Crippen molar-refractivity contribution >= 4 is 40.3 Å². The van der Waals surface area contributed by atoms with E-state index in [4.69, 9.17) is 24.8 Å². The van der Waals surface area contributed by atoms with Crippen molar-refractivity contribution in [1.82, 2.24) is 15.1 Å². The van der Waals surface area contributed by atoms with Gasteiger partial charge in [-0.3, -0.25) is 14.7 Å². The number of nitrogens with zero attached hydrogens (tertiary/aromatic N) is 3. The number of halogens is 3. The van der Waals surface area contributed by atoms with E-state index in [2.05, 4.69) is 32.4 Å². The van der Waals surface area contributed by atoms with Crippen LogP contribution in [0.25, 0.3) is 10.9 Å². The minimum atomic E-state index is -4.35. The Morgan fingerprint density at radius 3 is 2.22 bits per heavy atom.